The molecule has 0 saturated carbocycles. The molecule has 7 rings (SSSR count). The van der Waals surface area contributed by atoms with Gasteiger partial charge in [0, 0.05) is 85.6 Å². The predicted octanol–water partition coefficient (Wildman–Crippen LogP) is 5.51. The van der Waals surface area contributed by atoms with Crippen molar-refractivity contribution in [3.63, 3.8) is 0 Å². The molecule has 1 saturated heterocycles. The summed E-state index contributed by atoms with van der Waals surface area (Å²) in [5.74, 6) is 1.71. The van der Waals surface area contributed by atoms with E-state index in [9.17, 15) is 4.79 Å². The molecule has 3 aliphatic rings. The van der Waals surface area contributed by atoms with E-state index in [1.54, 1.807) is 14.2 Å². The molecule has 0 unspecified atom stereocenters. The number of fused-ring (bicyclic) bond motifs is 2. The van der Waals surface area contributed by atoms with Crippen LogP contribution in [0.25, 0.3) is 21.7 Å². The lowest BCUT2D eigenvalue weighted by Crippen LogP contribution is -2.35. The zero-order valence-corrected chi connectivity index (χ0v) is 26.4. The summed E-state index contributed by atoms with van der Waals surface area (Å²) in [6.45, 7) is 6.33. The van der Waals surface area contributed by atoms with Gasteiger partial charge in [-0.2, -0.15) is 0 Å². The van der Waals surface area contributed by atoms with Gasteiger partial charge in [-0.15, -0.1) is 11.3 Å². The largest absolute Gasteiger partial charge is 0.496 e. The fourth-order valence-corrected chi connectivity index (χ4v) is 8.02. The molecule has 1 fully saturated rings. The van der Waals surface area contributed by atoms with E-state index in [0.717, 1.165) is 66.7 Å². The minimum atomic E-state index is 0.129. The molecular weight excluding hydrogens is 570 g/mol. The van der Waals surface area contributed by atoms with Gasteiger partial charge in [0.1, 0.15) is 16.5 Å². The molecule has 0 radical (unpaired) electrons. The average molecular weight is 610 g/mol. The van der Waals surface area contributed by atoms with Gasteiger partial charge in [-0.3, -0.25) is 4.79 Å². The van der Waals surface area contributed by atoms with Gasteiger partial charge < -0.3 is 30.3 Å². The number of carbonyl (C=O) groups excluding carboxylic acids is 1. The third kappa shape index (κ3) is 5.33. The van der Waals surface area contributed by atoms with Crippen LogP contribution >= 0.6 is 11.3 Å². The lowest BCUT2D eigenvalue weighted by Gasteiger charge is -2.24. The molecule has 0 aliphatic carbocycles. The monoisotopic (exact) mass is 609 g/mol. The summed E-state index contributed by atoms with van der Waals surface area (Å²) in [6, 6.07) is 17.7. The van der Waals surface area contributed by atoms with E-state index >= 15 is 0 Å². The second-order valence-corrected chi connectivity index (χ2v) is 12.8. The first-order valence-electron chi connectivity index (χ1n) is 15.5. The Labute approximate surface area is 262 Å². The van der Waals surface area contributed by atoms with Gasteiger partial charge in [0.2, 0.25) is 5.91 Å². The van der Waals surface area contributed by atoms with E-state index in [0.29, 0.717) is 19.5 Å². The molecule has 3 N–H and O–H groups in total. The van der Waals surface area contributed by atoms with Crippen molar-refractivity contribution in [2.45, 2.75) is 51.7 Å². The standard InChI is InChI=1S/C35H39N5O3S/c1-21-24(6-4-7-25(21)35-39-29-12-14-36-20-33(29)44-35)26-8-5-9-30-27(26)13-15-40(30)23-16-31(42-2)28(32(17-23)43-3)19-37-18-22-10-11-34(41)38-22/h4-9,16-17,22,36-37H,10-15,18-20H2,1-3H3,(H,38,41)/t22-/m0/s1. The molecule has 1 aromatic heterocycles. The number of benzene rings is 3. The number of carbonyl (C=O) groups is 1. The van der Waals surface area contributed by atoms with Crippen molar-refractivity contribution < 1.29 is 14.3 Å². The summed E-state index contributed by atoms with van der Waals surface area (Å²) < 4.78 is 11.8. The quantitative estimate of drug-likeness (QED) is 0.231. The number of hydrogen-bond acceptors (Lipinski definition) is 8. The van der Waals surface area contributed by atoms with E-state index in [2.05, 4.69) is 76.3 Å². The Morgan fingerprint density at radius 2 is 1.80 bits per heavy atom. The van der Waals surface area contributed by atoms with Gasteiger partial charge >= 0.3 is 0 Å². The number of aromatic nitrogens is 1. The van der Waals surface area contributed by atoms with E-state index in [1.807, 2.05) is 11.3 Å². The van der Waals surface area contributed by atoms with Crippen LogP contribution in [-0.2, 0) is 30.7 Å². The summed E-state index contributed by atoms with van der Waals surface area (Å²) in [5.41, 5.74) is 10.9. The summed E-state index contributed by atoms with van der Waals surface area (Å²) in [7, 11) is 3.42. The van der Waals surface area contributed by atoms with Crippen molar-refractivity contribution in [2.75, 3.05) is 38.8 Å². The lowest BCUT2D eigenvalue weighted by molar-refractivity contribution is -0.119. The summed E-state index contributed by atoms with van der Waals surface area (Å²) >= 11 is 1.82. The number of rotatable bonds is 9. The molecule has 9 heteroatoms. The predicted molar refractivity (Wildman–Crippen MR) is 176 cm³/mol. The van der Waals surface area contributed by atoms with Gasteiger partial charge in [0.05, 0.1) is 25.5 Å². The normalized spacial score (nSPS) is 17.4. The van der Waals surface area contributed by atoms with E-state index in [4.69, 9.17) is 14.5 Å². The van der Waals surface area contributed by atoms with Crippen LogP contribution in [-0.4, -0.2) is 50.8 Å². The van der Waals surface area contributed by atoms with E-state index in [1.165, 1.54) is 44.1 Å². The van der Waals surface area contributed by atoms with Gasteiger partial charge in [-0.25, -0.2) is 4.98 Å². The first kappa shape index (κ1) is 28.8. The number of ether oxygens (including phenoxy) is 2. The fourth-order valence-electron chi connectivity index (χ4n) is 6.86. The molecule has 3 aliphatic heterocycles. The lowest BCUT2D eigenvalue weighted by atomic mass is 9.92. The van der Waals surface area contributed by atoms with Crippen LogP contribution < -0.4 is 30.3 Å². The van der Waals surface area contributed by atoms with Gasteiger partial charge in [-0.1, -0.05) is 30.3 Å². The Kier molecular flexibility index (Phi) is 8.01. The van der Waals surface area contributed by atoms with Crippen LogP contribution in [0, 0.1) is 6.92 Å². The highest BCUT2D eigenvalue weighted by Gasteiger charge is 2.27. The number of hydrogen-bond donors (Lipinski definition) is 3. The van der Waals surface area contributed by atoms with Crippen molar-refractivity contribution in [1.29, 1.82) is 0 Å². The van der Waals surface area contributed by atoms with Crippen LogP contribution in [0.3, 0.4) is 0 Å². The maximum atomic E-state index is 11.6. The highest BCUT2D eigenvalue weighted by Crippen LogP contribution is 2.45. The van der Waals surface area contributed by atoms with Gasteiger partial charge in [0.15, 0.2) is 0 Å². The Morgan fingerprint density at radius 3 is 2.55 bits per heavy atom. The second-order valence-electron chi connectivity index (χ2n) is 11.8. The molecule has 1 amide bonds. The van der Waals surface area contributed by atoms with Crippen molar-refractivity contribution in [1.82, 2.24) is 20.9 Å². The van der Waals surface area contributed by atoms with Gasteiger partial charge in [-0.05, 0) is 48.1 Å². The molecular formula is C35H39N5O3S. The van der Waals surface area contributed by atoms with Crippen molar-refractivity contribution >= 4 is 28.6 Å². The minimum Gasteiger partial charge on any atom is -0.496 e. The number of methoxy groups -OCH3 is 2. The summed E-state index contributed by atoms with van der Waals surface area (Å²) in [6.07, 6.45) is 3.42. The van der Waals surface area contributed by atoms with Crippen molar-refractivity contribution in [3.05, 3.63) is 75.8 Å². The van der Waals surface area contributed by atoms with E-state index < -0.39 is 0 Å². The van der Waals surface area contributed by atoms with Crippen LogP contribution in [0.4, 0.5) is 11.4 Å². The number of thiazole rings is 1. The molecule has 0 bridgehead atoms. The minimum absolute atomic E-state index is 0.129. The van der Waals surface area contributed by atoms with Crippen molar-refractivity contribution in [2.24, 2.45) is 0 Å². The van der Waals surface area contributed by atoms with Crippen molar-refractivity contribution in [3.8, 4) is 33.2 Å². The molecule has 44 heavy (non-hydrogen) atoms. The highest BCUT2D eigenvalue weighted by atomic mass is 32.1. The topological polar surface area (TPSA) is 87.8 Å². The van der Waals surface area contributed by atoms with Crippen LogP contribution in [0.1, 0.15) is 40.1 Å². The number of nitrogens with one attached hydrogen (secondary N) is 3. The molecule has 228 valence electrons. The second kappa shape index (κ2) is 12.2. The molecule has 8 nitrogen and oxygen atoms in total. The number of amides is 1. The first-order valence-corrected chi connectivity index (χ1v) is 16.3. The molecule has 1 atom stereocenters. The fraction of sp³-hybridized carbons (Fsp3) is 0.371. The molecule has 3 aromatic carbocycles. The smallest absolute Gasteiger partial charge is 0.220 e. The molecule has 0 spiro atoms. The maximum Gasteiger partial charge on any atom is 0.220 e. The van der Waals surface area contributed by atoms with Crippen LogP contribution in [0.5, 0.6) is 11.5 Å². The van der Waals surface area contributed by atoms with Crippen LogP contribution in [0.15, 0.2) is 48.5 Å². The van der Waals surface area contributed by atoms with Gasteiger partial charge in [0.25, 0.3) is 0 Å². The Morgan fingerprint density at radius 1 is 1.02 bits per heavy atom. The Hall–Kier alpha value is -3.92. The maximum absolute atomic E-state index is 11.6. The molecule has 4 heterocycles. The number of anilines is 2. The number of nitrogens with zero attached hydrogens (tertiary/aromatic N) is 2. The van der Waals surface area contributed by atoms with Crippen LogP contribution in [0.2, 0.25) is 0 Å². The third-order valence-electron chi connectivity index (χ3n) is 9.17. The SMILES string of the molecule is COc1cc(N2CCc3c(-c4cccc(-c5nc6c(s5)CNCC6)c4C)cccc32)cc(OC)c1CNC[C@@H]1CCC(=O)N1. The third-order valence-corrected chi connectivity index (χ3v) is 10.3. The first-order chi connectivity index (χ1) is 21.5. The summed E-state index contributed by atoms with van der Waals surface area (Å²) in [4.78, 5) is 20.4. The molecule has 4 aromatic rings. The summed E-state index contributed by atoms with van der Waals surface area (Å²) in [5, 5.41) is 11.1. The van der Waals surface area contributed by atoms with E-state index in [-0.39, 0.29) is 11.9 Å². The zero-order valence-electron chi connectivity index (χ0n) is 25.6. The Bertz CT molecular complexity index is 1670. The zero-order chi connectivity index (χ0) is 30.2. The average Bonchev–Trinajstić information content (AvgIpc) is 3.79. The Balaban J connectivity index is 1.18. The highest BCUT2D eigenvalue weighted by molar-refractivity contribution is 7.15.